The van der Waals surface area contributed by atoms with E-state index >= 15 is 0 Å². The van der Waals surface area contributed by atoms with Crippen molar-refractivity contribution in [2.24, 2.45) is 5.92 Å². The Bertz CT molecular complexity index is 640. The minimum atomic E-state index is -0.844. The van der Waals surface area contributed by atoms with Crippen LogP contribution in [0.5, 0.6) is 0 Å². The number of carbonyl (C=O) groups is 1. The number of aliphatic carboxylic acids is 1. The van der Waals surface area contributed by atoms with Crippen LogP contribution in [0.4, 0.5) is 0 Å². The van der Waals surface area contributed by atoms with E-state index in [1.807, 2.05) is 6.07 Å². The molecule has 1 aliphatic carbocycles. The van der Waals surface area contributed by atoms with E-state index in [-0.39, 0.29) is 12.5 Å². The average molecular weight is 338 g/mol. The minimum Gasteiger partial charge on any atom is -0.481 e. The molecule has 0 bridgehead atoms. The molecule has 1 N–H and O–H groups in total. The molecule has 0 amide bonds. The van der Waals surface area contributed by atoms with Crippen LogP contribution in [0.25, 0.3) is 11.5 Å². The second-order valence-electron chi connectivity index (χ2n) is 4.78. The van der Waals surface area contributed by atoms with Crippen LogP contribution in [-0.2, 0) is 4.79 Å². The first-order chi connectivity index (χ1) is 9.66. The number of aromatic nitrogens is 5. The number of halogens is 1. The van der Waals surface area contributed by atoms with Gasteiger partial charge in [0.15, 0.2) is 0 Å². The Kier molecular flexibility index (Phi) is 3.47. The molecule has 1 fully saturated rings. The molecule has 1 aliphatic rings. The summed E-state index contributed by atoms with van der Waals surface area (Å²) in [4.78, 5) is 15.3. The number of hydrogen-bond acceptors (Lipinski definition) is 5. The van der Waals surface area contributed by atoms with E-state index in [4.69, 9.17) is 5.11 Å². The van der Waals surface area contributed by atoms with E-state index in [0.717, 1.165) is 17.3 Å². The number of pyridine rings is 1. The summed E-state index contributed by atoms with van der Waals surface area (Å²) in [5.74, 6) is -0.0186. The molecule has 0 radical (unpaired) electrons. The van der Waals surface area contributed by atoms with Crippen molar-refractivity contribution in [1.29, 1.82) is 0 Å². The van der Waals surface area contributed by atoms with Gasteiger partial charge in [0.05, 0.1) is 12.5 Å². The molecular weight excluding hydrogens is 326 g/mol. The van der Waals surface area contributed by atoms with Gasteiger partial charge in [-0.3, -0.25) is 9.78 Å². The van der Waals surface area contributed by atoms with E-state index in [9.17, 15) is 4.79 Å². The van der Waals surface area contributed by atoms with Crippen molar-refractivity contribution in [3.05, 3.63) is 22.8 Å². The van der Waals surface area contributed by atoms with Crippen LogP contribution in [0.2, 0.25) is 0 Å². The van der Waals surface area contributed by atoms with E-state index < -0.39 is 5.97 Å². The highest BCUT2D eigenvalue weighted by Gasteiger charge is 2.36. The van der Waals surface area contributed by atoms with Gasteiger partial charge in [-0.25, -0.2) is 4.68 Å². The fraction of sp³-hybridized carbons (Fsp3) is 0.417. The zero-order chi connectivity index (χ0) is 14.1. The van der Waals surface area contributed by atoms with E-state index in [0.29, 0.717) is 17.4 Å². The summed E-state index contributed by atoms with van der Waals surface area (Å²) in [6.07, 6.45) is 3.71. The molecule has 1 saturated carbocycles. The molecule has 7 nitrogen and oxygen atoms in total. The lowest BCUT2D eigenvalue weighted by Crippen LogP contribution is -2.18. The van der Waals surface area contributed by atoms with Gasteiger partial charge >= 0.3 is 5.97 Å². The molecule has 104 valence electrons. The SMILES string of the molecule is O=C(O)CC(C1CC1)n1nnnc1-c1ncccc1Br. The van der Waals surface area contributed by atoms with Gasteiger partial charge in [0.25, 0.3) is 0 Å². The molecule has 0 aromatic carbocycles. The first-order valence-corrected chi connectivity index (χ1v) is 7.06. The summed E-state index contributed by atoms with van der Waals surface area (Å²) in [7, 11) is 0. The number of carboxylic acid groups (broad SMARTS) is 1. The maximum absolute atomic E-state index is 11.0. The highest BCUT2D eigenvalue weighted by molar-refractivity contribution is 9.10. The van der Waals surface area contributed by atoms with Crippen molar-refractivity contribution in [1.82, 2.24) is 25.2 Å². The molecular formula is C12H12BrN5O2. The third-order valence-corrected chi connectivity index (χ3v) is 3.97. The number of tetrazole rings is 1. The molecule has 1 unspecified atom stereocenters. The molecule has 2 aromatic rings. The fourth-order valence-corrected chi connectivity index (χ4v) is 2.67. The van der Waals surface area contributed by atoms with Gasteiger partial charge in [0.1, 0.15) is 5.69 Å². The van der Waals surface area contributed by atoms with E-state index in [1.54, 1.807) is 16.9 Å². The Morgan fingerprint density at radius 3 is 3.00 bits per heavy atom. The molecule has 0 aliphatic heterocycles. The van der Waals surface area contributed by atoms with Gasteiger partial charge in [-0.05, 0) is 57.2 Å². The Balaban J connectivity index is 2.00. The van der Waals surface area contributed by atoms with Crippen LogP contribution >= 0.6 is 15.9 Å². The minimum absolute atomic E-state index is 0.0210. The van der Waals surface area contributed by atoms with Crippen LogP contribution in [0.15, 0.2) is 22.8 Å². The van der Waals surface area contributed by atoms with Crippen LogP contribution in [0.3, 0.4) is 0 Å². The molecule has 20 heavy (non-hydrogen) atoms. The maximum Gasteiger partial charge on any atom is 0.305 e. The number of nitrogens with zero attached hydrogens (tertiary/aromatic N) is 5. The molecule has 0 saturated heterocycles. The van der Waals surface area contributed by atoms with Gasteiger partial charge in [0.2, 0.25) is 5.82 Å². The summed E-state index contributed by atoms with van der Waals surface area (Å²) in [5, 5.41) is 20.7. The second-order valence-corrected chi connectivity index (χ2v) is 5.64. The fourth-order valence-electron chi connectivity index (χ4n) is 2.24. The molecule has 0 spiro atoms. The third-order valence-electron chi connectivity index (χ3n) is 3.33. The Morgan fingerprint density at radius 2 is 2.35 bits per heavy atom. The number of rotatable bonds is 5. The molecule has 8 heteroatoms. The van der Waals surface area contributed by atoms with Crippen LogP contribution in [0.1, 0.15) is 25.3 Å². The first kappa shape index (κ1) is 13.2. The van der Waals surface area contributed by atoms with Crippen LogP contribution in [0, 0.1) is 5.92 Å². The summed E-state index contributed by atoms with van der Waals surface area (Å²) < 4.78 is 2.37. The van der Waals surface area contributed by atoms with Crippen molar-refractivity contribution in [2.75, 3.05) is 0 Å². The number of hydrogen-bond donors (Lipinski definition) is 1. The zero-order valence-electron chi connectivity index (χ0n) is 10.5. The van der Waals surface area contributed by atoms with Gasteiger partial charge in [0, 0.05) is 10.7 Å². The second kappa shape index (κ2) is 5.28. The van der Waals surface area contributed by atoms with Crippen molar-refractivity contribution in [2.45, 2.75) is 25.3 Å². The van der Waals surface area contributed by atoms with Crippen LogP contribution in [-0.4, -0.2) is 36.3 Å². The van der Waals surface area contributed by atoms with E-state index in [2.05, 4.69) is 36.4 Å². The predicted octanol–water partition coefficient (Wildman–Crippen LogP) is 1.92. The lowest BCUT2D eigenvalue weighted by Gasteiger charge is -2.15. The normalized spacial score (nSPS) is 16.1. The highest BCUT2D eigenvalue weighted by Crippen LogP contribution is 2.42. The molecule has 2 heterocycles. The zero-order valence-corrected chi connectivity index (χ0v) is 12.1. The first-order valence-electron chi connectivity index (χ1n) is 6.27. The topological polar surface area (TPSA) is 93.8 Å². The highest BCUT2D eigenvalue weighted by atomic mass is 79.9. The predicted molar refractivity (Wildman–Crippen MR) is 72.8 cm³/mol. The van der Waals surface area contributed by atoms with Gasteiger partial charge < -0.3 is 5.11 Å². The average Bonchev–Trinajstić information content (AvgIpc) is 3.14. The molecule has 2 aromatic heterocycles. The largest absolute Gasteiger partial charge is 0.481 e. The van der Waals surface area contributed by atoms with Gasteiger partial charge in [-0.1, -0.05) is 0 Å². The van der Waals surface area contributed by atoms with Crippen molar-refractivity contribution >= 4 is 21.9 Å². The van der Waals surface area contributed by atoms with Crippen molar-refractivity contribution in [3.63, 3.8) is 0 Å². The lowest BCUT2D eigenvalue weighted by atomic mass is 10.1. The number of carboxylic acids is 1. The summed E-state index contributed by atoms with van der Waals surface area (Å²) >= 11 is 3.42. The summed E-state index contributed by atoms with van der Waals surface area (Å²) in [6, 6.07) is 3.44. The van der Waals surface area contributed by atoms with Gasteiger partial charge in [-0.15, -0.1) is 5.10 Å². The van der Waals surface area contributed by atoms with Crippen LogP contribution < -0.4 is 0 Å². The Hall–Kier alpha value is -1.83. The quantitative estimate of drug-likeness (QED) is 0.895. The lowest BCUT2D eigenvalue weighted by molar-refractivity contribution is -0.138. The standard InChI is InChI=1S/C12H12BrN5O2/c13-8-2-1-5-14-11(8)12-15-16-17-18(12)9(6-10(19)20)7-3-4-7/h1-2,5,7,9H,3-4,6H2,(H,19,20). The van der Waals surface area contributed by atoms with E-state index in [1.165, 1.54) is 0 Å². The summed E-state index contributed by atoms with van der Waals surface area (Å²) in [6.45, 7) is 0. The van der Waals surface area contributed by atoms with Crippen molar-refractivity contribution < 1.29 is 9.90 Å². The molecule has 3 rings (SSSR count). The van der Waals surface area contributed by atoms with Gasteiger partial charge in [-0.2, -0.15) is 0 Å². The van der Waals surface area contributed by atoms with Crippen molar-refractivity contribution in [3.8, 4) is 11.5 Å². The smallest absolute Gasteiger partial charge is 0.305 e. The maximum atomic E-state index is 11.0. The monoisotopic (exact) mass is 337 g/mol. The molecule has 1 atom stereocenters. The third kappa shape index (κ3) is 2.55. The summed E-state index contributed by atoms with van der Waals surface area (Å²) in [5.41, 5.74) is 0.619. The Morgan fingerprint density at radius 1 is 1.55 bits per heavy atom. The Labute approximate surface area is 123 Å².